The molecule has 13 heavy (non-hydrogen) atoms. The van der Waals surface area contributed by atoms with E-state index in [2.05, 4.69) is 31.2 Å². The summed E-state index contributed by atoms with van der Waals surface area (Å²) in [6.07, 6.45) is -0.286. The Morgan fingerprint density at radius 1 is 1.31 bits per heavy atom. The normalized spacial score (nSPS) is 12.6. The van der Waals surface area contributed by atoms with Crippen LogP contribution < -0.4 is 4.90 Å². The number of rotatable bonds is 3. The molecule has 0 aliphatic rings. The lowest BCUT2D eigenvalue weighted by atomic mass is 10.2. The summed E-state index contributed by atoms with van der Waals surface area (Å²) in [5, 5.41) is 9.20. The topological polar surface area (TPSA) is 23.5 Å². The highest BCUT2D eigenvalue weighted by Gasteiger charge is 2.02. The molecular formula is C11H17NO. The van der Waals surface area contributed by atoms with Gasteiger partial charge in [0.2, 0.25) is 0 Å². The van der Waals surface area contributed by atoms with Crippen molar-refractivity contribution in [2.45, 2.75) is 20.0 Å². The fraction of sp³-hybridized carbons (Fsp3) is 0.455. The van der Waals surface area contributed by atoms with Crippen molar-refractivity contribution in [3.05, 3.63) is 29.8 Å². The third kappa shape index (κ3) is 3.07. The summed E-state index contributed by atoms with van der Waals surface area (Å²) in [6.45, 7) is 4.53. The predicted octanol–water partition coefficient (Wildman–Crippen LogP) is 1.81. The van der Waals surface area contributed by atoms with Gasteiger partial charge in [0.1, 0.15) is 0 Å². The summed E-state index contributed by atoms with van der Waals surface area (Å²) in [6, 6.07) is 8.29. The van der Waals surface area contributed by atoms with Crippen LogP contribution in [0.2, 0.25) is 0 Å². The Hall–Kier alpha value is -1.02. The van der Waals surface area contributed by atoms with E-state index in [1.807, 2.05) is 11.9 Å². The van der Waals surface area contributed by atoms with Crippen LogP contribution in [0.5, 0.6) is 0 Å². The number of aliphatic hydroxyl groups is 1. The van der Waals surface area contributed by atoms with Gasteiger partial charge in [-0.15, -0.1) is 0 Å². The largest absolute Gasteiger partial charge is 0.392 e. The van der Waals surface area contributed by atoms with Crippen molar-refractivity contribution in [1.82, 2.24) is 0 Å². The van der Waals surface area contributed by atoms with Gasteiger partial charge in [0.15, 0.2) is 0 Å². The summed E-state index contributed by atoms with van der Waals surface area (Å²) in [4.78, 5) is 2.05. The molecule has 0 aromatic heterocycles. The monoisotopic (exact) mass is 179 g/mol. The molecule has 0 spiro atoms. The minimum Gasteiger partial charge on any atom is -0.392 e. The van der Waals surface area contributed by atoms with Gasteiger partial charge in [-0.3, -0.25) is 0 Å². The minimum atomic E-state index is -0.286. The Balaban J connectivity index is 2.66. The summed E-state index contributed by atoms with van der Waals surface area (Å²) in [5.41, 5.74) is 2.40. The van der Waals surface area contributed by atoms with Crippen molar-refractivity contribution in [3.63, 3.8) is 0 Å². The number of anilines is 1. The fourth-order valence-corrected chi connectivity index (χ4v) is 1.30. The SMILES string of the molecule is Cc1ccc(N(C)C[C@@H](C)O)cc1. The second-order valence-corrected chi connectivity index (χ2v) is 3.57. The molecule has 0 radical (unpaired) electrons. The fourth-order valence-electron chi connectivity index (χ4n) is 1.30. The first-order valence-corrected chi connectivity index (χ1v) is 4.55. The standard InChI is InChI=1S/C11H17NO/c1-9-4-6-11(7-5-9)12(3)8-10(2)13/h4-7,10,13H,8H2,1-3H3/t10-/m1/s1. The van der Waals surface area contributed by atoms with Gasteiger partial charge < -0.3 is 10.0 Å². The van der Waals surface area contributed by atoms with E-state index in [9.17, 15) is 5.11 Å². The van der Waals surface area contributed by atoms with Gasteiger partial charge in [-0.25, -0.2) is 0 Å². The number of aliphatic hydroxyl groups excluding tert-OH is 1. The van der Waals surface area contributed by atoms with Crippen molar-refractivity contribution in [2.24, 2.45) is 0 Å². The molecule has 0 saturated heterocycles. The molecule has 0 fully saturated rings. The van der Waals surface area contributed by atoms with Crippen LogP contribution in [-0.2, 0) is 0 Å². The first-order valence-electron chi connectivity index (χ1n) is 4.55. The Morgan fingerprint density at radius 2 is 1.85 bits per heavy atom. The lowest BCUT2D eigenvalue weighted by Crippen LogP contribution is -2.26. The quantitative estimate of drug-likeness (QED) is 0.765. The first kappa shape index (κ1) is 10.1. The molecule has 0 heterocycles. The number of likely N-dealkylation sites (N-methyl/N-ethyl adjacent to an activating group) is 1. The molecule has 1 rings (SSSR count). The van der Waals surface area contributed by atoms with E-state index in [4.69, 9.17) is 0 Å². The number of aryl methyl sites for hydroxylation is 1. The highest BCUT2D eigenvalue weighted by Crippen LogP contribution is 2.13. The molecule has 72 valence electrons. The molecule has 1 aromatic rings. The Labute approximate surface area is 79.8 Å². The molecule has 0 aliphatic carbocycles. The van der Waals surface area contributed by atoms with Crippen LogP contribution in [0.3, 0.4) is 0 Å². The number of benzene rings is 1. The molecule has 2 heteroatoms. The van der Waals surface area contributed by atoms with Gasteiger partial charge in [0, 0.05) is 19.3 Å². The third-order valence-electron chi connectivity index (χ3n) is 2.01. The van der Waals surface area contributed by atoms with Crippen LogP contribution in [0.1, 0.15) is 12.5 Å². The van der Waals surface area contributed by atoms with Crippen LogP contribution in [0, 0.1) is 6.92 Å². The van der Waals surface area contributed by atoms with E-state index in [0.717, 1.165) is 5.69 Å². The van der Waals surface area contributed by atoms with Crippen LogP contribution in [-0.4, -0.2) is 24.8 Å². The number of hydrogen-bond donors (Lipinski definition) is 1. The van der Waals surface area contributed by atoms with Gasteiger partial charge in [-0.2, -0.15) is 0 Å². The van der Waals surface area contributed by atoms with Crippen molar-refractivity contribution < 1.29 is 5.11 Å². The van der Waals surface area contributed by atoms with Gasteiger partial charge in [-0.05, 0) is 26.0 Å². The van der Waals surface area contributed by atoms with E-state index >= 15 is 0 Å². The second kappa shape index (κ2) is 4.28. The Bertz CT molecular complexity index is 253. The second-order valence-electron chi connectivity index (χ2n) is 3.57. The summed E-state index contributed by atoms with van der Waals surface area (Å²) in [7, 11) is 1.98. The molecule has 0 bridgehead atoms. The molecule has 1 atom stereocenters. The van der Waals surface area contributed by atoms with Gasteiger partial charge in [0.05, 0.1) is 6.10 Å². The van der Waals surface area contributed by atoms with Crippen molar-refractivity contribution in [3.8, 4) is 0 Å². The zero-order valence-corrected chi connectivity index (χ0v) is 8.49. The molecule has 0 unspecified atom stereocenters. The maximum absolute atomic E-state index is 9.20. The van der Waals surface area contributed by atoms with Crippen LogP contribution in [0.4, 0.5) is 5.69 Å². The van der Waals surface area contributed by atoms with Crippen molar-refractivity contribution >= 4 is 5.69 Å². The van der Waals surface area contributed by atoms with E-state index in [1.165, 1.54) is 5.56 Å². The molecular weight excluding hydrogens is 162 g/mol. The average molecular weight is 179 g/mol. The smallest absolute Gasteiger partial charge is 0.0686 e. The molecule has 0 amide bonds. The maximum Gasteiger partial charge on any atom is 0.0686 e. The average Bonchev–Trinajstić information content (AvgIpc) is 2.04. The Kier molecular flexibility index (Phi) is 3.32. The van der Waals surface area contributed by atoms with Crippen LogP contribution >= 0.6 is 0 Å². The van der Waals surface area contributed by atoms with Crippen LogP contribution in [0.15, 0.2) is 24.3 Å². The Morgan fingerprint density at radius 3 is 2.31 bits per heavy atom. The lowest BCUT2D eigenvalue weighted by Gasteiger charge is -2.20. The number of hydrogen-bond acceptors (Lipinski definition) is 2. The zero-order chi connectivity index (χ0) is 9.84. The summed E-state index contributed by atoms with van der Waals surface area (Å²) in [5.74, 6) is 0. The predicted molar refractivity (Wildman–Crippen MR) is 56.1 cm³/mol. The van der Waals surface area contributed by atoms with Gasteiger partial charge in [-0.1, -0.05) is 17.7 Å². The zero-order valence-electron chi connectivity index (χ0n) is 8.49. The molecule has 0 saturated carbocycles. The highest BCUT2D eigenvalue weighted by molar-refractivity contribution is 5.46. The molecule has 1 aromatic carbocycles. The third-order valence-corrected chi connectivity index (χ3v) is 2.01. The summed E-state index contributed by atoms with van der Waals surface area (Å²) < 4.78 is 0. The van der Waals surface area contributed by atoms with E-state index < -0.39 is 0 Å². The van der Waals surface area contributed by atoms with E-state index in [1.54, 1.807) is 6.92 Å². The summed E-state index contributed by atoms with van der Waals surface area (Å²) >= 11 is 0. The van der Waals surface area contributed by atoms with Crippen molar-refractivity contribution in [1.29, 1.82) is 0 Å². The van der Waals surface area contributed by atoms with Gasteiger partial charge >= 0.3 is 0 Å². The highest BCUT2D eigenvalue weighted by atomic mass is 16.3. The first-order chi connectivity index (χ1) is 6.09. The van der Waals surface area contributed by atoms with Gasteiger partial charge in [0.25, 0.3) is 0 Å². The maximum atomic E-state index is 9.20. The van der Waals surface area contributed by atoms with Crippen LogP contribution in [0.25, 0.3) is 0 Å². The molecule has 0 aliphatic heterocycles. The van der Waals surface area contributed by atoms with Crippen molar-refractivity contribution in [2.75, 3.05) is 18.5 Å². The lowest BCUT2D eigenvalue weighted by molar-refractivity contribution is 0.201. The van der Waals surface area contributed by atoms with E-state index in [0.29, 0.717) is 6.54 Å². The minimum absolute atomic E-state index is 0.286. The molecule has 2 nitrogen and oxygen atoms in total. The van der Waals surface area contributed by atoms with E-state index in [-0.39, 0.29) is 6.10 Å². The molecule has 1 N–H and O–H groups in total. The number of nitrogens with zero attached hydrogens (tertiary/aromatic N) is 1.